The Hall–Kier alpha value is -1.96. The lowest BCUT2D eigenvalue weighted by Crippen LogP contribution is -2.01. The molecule has 0 aliphatic heterocycles. The van der Waals surface area contributed by atoms with E-state index in [0.717, 1.165) is 18.6 Å². The Balaban J connectivity index is 2.77. The Morgan fingerprint density at radius 1 is 1.05 bits per heavy atom. The monoisotopic (exact) mass is 252 g/mol. The van der Waals surface area contributed by atoms with Gasteiger partial charge in [0.25, 0.3) is 0 Å². The van der Waals surface area contributed by atoms with E-state index in [1.807, 2.05) is 6.92 Å². The van der Waals surface area contributed by atoms with Crippen LogP contribution in [-0.2, 0) is 12.8 Å². The van der Waals surface area contributed by atoms with E-state index >= 15 is 0 Å². The fraction of sp³-hybridized carbons (Fsp3) is 0.294. The van der Waals surface area contributed by atoms with Crippen LogP contribution < -0.4 is 0 Å². The van der Waals surface area contributed by atoms with Gasteiger partial charge in [-0.25, -0.2) is 0 Å². The number of aryl methyl sites for hydroxylation is 2. The fourth-order valence-electron chi connectivity index (χ4n) is 2.67. The van der Waals surface area contributed by atoms with Crippen LogP contribution in [0.1, 0.15) is 37.5 Å². The summed E-state index contributed by atoms with van der Waals surface area (Å²) in [5.41, 5.74) is 4.85. The molecule has 0 bridgehead atoms. The summed E-state index contributed by atoms with van der Waals surface area (Å²) in [5, 5.41) is 10.4. The van der Waals surface area contributed by atoms with Crippen molar-refractivity contribution in [3.8, 4) is 0 Å². The van der Waals surface area contributed by atoms with Crippen molar-refractivity contribution in [3.63, 3.8) is 0 Å². The van der Waals surface area contributed by atoms with Crippen LogP contribution >= 0.6 is 0 Å². The number of fused-ring (bicyclic) bond motifs is 1. The first-order valence-corrected chi connectivity index (χ1v) is 6.77. The van der Waals surface area contributed by atoms with Crippen molar-refractivity contribution in [2.75, 3.05) is 0 Å². The zero-order chi connectivity index (χ0) is 13.8. The Labute approximate surface area is 114 Å². The second kappa shape index (κ2) is 5.79. The van der Waals surface area contributed by atoms with Crippen LogP contribution in [0.4, 0.5) is 0 Å². The first kappa shape index (κ1) is 13.5. The lowest BCUT2D eigenvalue weighted by Gasteiger charge is -2.13. The van der Waals surface area contributed by atoms with Crippen molar-refractivity contribution in [3.05, 3.63) is 47.0 Å². The molecule has 0 spiro atoms. The summed E-state index contributed by atoms with van der Waals surface area (Å²) in [4.78, 5) is 0. The average Bonchev–Trinajstić information content (AvgIpc) is 2.45. The average molecular weight is 252 g/mol. The van der Waals surface area contributed by atoms with Crippen molar-refractivity contribution in [2.45, 2.75) is 33.6 Å². The van der Waals surface area contributed by atoms with Crippen LogP contribution in [-0.4, -0.2) is 12.4 Å². The van der Waals surface area contributed by atoms with Crippen LogP contribution in [0, 0.1) is 0 Å². The highest BCUT2D eigenvalue weighted by atomic mass is 15.2. The van der Waals surface area contributed by atoms with Gasteiger partial charge in [-0.3, -0.25) is 0 Å². The lowest BCUT2D eigenvalue weighted by atomic mass is 9.92. The van der Waals surface area contributed by atoms with Crippen molar-refractivity contribution in [1.29, 1.82) is 0 Å². The first-order chi connectivity index (χ1) is 9.22. The first-order valence-electron chi connectivity index (χ1n) is 6.77. The SMILES string of the molecule is C=N/N=C(\C)c1ccc2c(CC)cccc2c1CC. The predicted octanol–water partition coefficient (Wildman–Crippen LogP) is 4.39. The summed E-state index contributed by atoms with van der Waals surface area (Å²) in [6, 6.07) is 10.9. The topological polar surface area (TPSA) is 24.7 Å². The van der Waals surface area contributed by atoms with Gasteiger partial charge in [-0.2, -0.15) is 10.2 Å². The predicted molar refractivity (Wildman–Crippen MR) is 84.5 cm³/mol. The minimum Gasteiger partial charge on any atom is -0.167 e. The zero-order valence-electron chi connectivity index (χ0n) is 11.9. The van der Waals surface area contributed by atoms with Gasteiger partial charge in [0.1, 0.15) is 0 Å². The number of rotatable bonds is 4. The van der Waals surface area contributed by atoms with Crippen LogP contribution in [0.25, 0.3) is 10.8 Å². The quantitative estimate of drug-likeness (QED) is 0.569. The molecule has 2 aromatic carbocycles. The van der Waals surface area contributed by atoms with Crippen LogP contribution in [0.2, 0.25) is 0 Å². The van der Waals surface area contributed by atoms with E-state index in [4.69, 9.17) is 0 Å². The lowest BCUT2D eigenvalue weighted by molar-refractivity contribution is 1.13. The van der Waals surface area contributed by atoms with E-state index in [2.05, 4.69) is 61.1 Å². The maximum Gasteiger partial charge on any atom is 0.0674 e. The second-order valence-corrected chi connectivity index (χ2v) is 4.64. The molecule has 0 fully saturated rings. The molecule has 0 amide bonds. The molecular weight excluding hydrogens is 232 g/mol. The number of hydrogen-bond donors (Lipinski definition) is 0. The number of benzene rings is 2. The summed E-state index contributed by atoms with van der Waals surface area (Å²) in [7, 11) is 0. The molecule has 0 aliphatic rings. The van der Waals surface area contributed by atoms with E-state index in [-0.39, 0.29) is 0 Å². The third kappa shape index (κ3) is 2.43. The molecule has 2 rings (SSSR count). The van der Waals surface area contributed by atoms with Crippen LogP contribution in [0.15, 0.2) is 40.5 Å². The Morgan fingerprint density at radius 3 is 2.47 bits per heavy atom. The molecular formula is C17H20N2. The molecule has 0 aliphatic carbocycles. The molecule has 2 heteroatoms. The van der Waals surface area contributed by atoms with Crippen LogP contribution in [0.5, 0.6) is 0 Å². The Kier molecular flexibility index (Phi) is 4.10. The largest absolute Gasteiger partial charge is 0.167 e. The second-order valence-electron chi connectivity index (χ2n) is 4.64. The highest BCUT2D eigenvalue weighted by Gasteiger charge is 2.10. The summed E-state index contributed by atoms with van der Waals surface area (Å²) >= 11 is 0. The van der Waals surface area contributed by atoms with Crippen molar-refractivity contribution in [2.24, 2.45) is 10.2 Å². The Bertz CT molecular complexity index is 639. The van der Waals surface area contributed by atoms with Gasteiger partial charge in [-0.15, -0.1) is 0 Å². The molecule has 0 saturated heterocycles. The molecule has 2 aromatic rings. The molecule has 0 atom stereocenters. The van der Waals surface area contributed by atoms with Crippen molar-refractivity contribution < 1.29 is 0 Å². The van der Waals surface area contributed by atoms with Crippen molar-refractivity contribution >= 4 is 23.2 Å². The van der Waals surface area contributed by atoms with E-state index in [1.165, 1.54) is 27.5 Å². The number of nitrogens with zero attached hydrogens (tertiary/aromatic N) is 2. The standard InChI is InChI=1S/C17H20N2/c1-5-13-8-7-9-17-14(6-2)15(10-11-16(13)17)12(3)19-18-4/h7-11H,4-6H2,1-3H3/b19-12+. The fourth-order valence-corrected chi connectivity index (χ4v) is 2.67. The minimum atomic E-state index is 0.927. The van der Waals surface area contributed by atoms with E-state index < -0.39 is 0 Å². The minimum absolute atomic E-state index is 0.927. The van der Waals surface area contributed by atoms with Gasteiger partial charge in [0.05, 0.1) is 5.71 Å². The van der Waals surface area contributed by atoms with E-state index in [0.29, 0.717) is 0 Å². The summed E-state index contributed by atoms with van der Waals surface area (Å²) in [5.74, 6) is 0. The molecule has 2 nitrogen and oxygen atoms in total. The highest BCUT2D eigenvalue weighted by molar-refractivity contribution is 6.05. The van der Waals surface area contributed by atoms with Gasteiger partial charge < -0.3 is 0 Å². The molecule has 0 unspecified atom stereocenters. The van der Waals surface area contributed by atoms with Gasteiger partial charge in [-0.1, -0.05) is 44.2 Å². The highest BCUT2D eigenvalue weighted by Crippen LogP contribution is 2.27. The Morgan fingerprint density at radius 2 is 1.84 bits per heavy atom. The summed E-state index contributed by atoms with van der Waals surface area (Å²) in [6.07, 6.45) is 2.05. The molecule has 0 N–H and O–H groups in total. The zero-order valence-corrected chi connectivity index (χ0v) is 11.9. The van der Waals surface area contributed by atoms with Gasteiger partial charge in [0.15, 0.2) is 0 Å². The van der Waals surface area contributed by atoms with Gasteiger partial charge in [-0.05, 0) is 41.7 Å². The van der Waals surface area contributed by atoms with E-state index in [1.54, 1.807) is 0 Å². The van der Waals surface area contributed by atoms with Crippen molar-refractivity contribution in [1.82, 2.24) is 0 Å². The van der Waals surface area contributed by atoms with Crippen LogP contribution in [0.3, 0.4) is 0 Å². The maximum atomic E-state index is 4.08. The van der Waals surface area contributed by atoms with E-state index in [9.17, 15) is 0 Å². The molecule has 0 saturated carbocycles. The summed E-state index contributed by atoms with van der Waals surface area (Å²) in [6.45, 7) is 9.80. The molecule has 0 heterocycles. The maximum absolute atomic E-state index is 4.08. The van der Waals surface area contributed by atoms with Gasteiger partial charge in [0.2, 0.25) is 0 Å². The smallest absolute Gasteiger partial charge is 0.0674 e. The molecule has 0 radical (unpaired) electrons. The van der Waals surface area contributed by atoms with Gasteiger partial charge >= 0.3 is 0 Å². The molecule has 19 heavy (non-hydrogen) atoms. The summed E-state index contributed by atoms with van der Waals surface area (Å²) < 4.78 is 0. The number of hydrogen-bond acceptors (Lipinski definition) is 2. The molecule has 98 valence electrons. The normalized spacial score (nSPS) is 11.8. The van der Waals surface area contributed by atoms with Gasteiger partial charge in [0, 0.05) is 12.3 Å². The third-order valence-corrected chi connectivity index (χ3v) is 3.61. The molecule has 0 aromatic heterocycles. The third-order valence-electron chi connectivity index (χ3n) is 3.61.